The van der Waals surface area contributed by atoms with E-state index >= 15 is 0 Å². The van der Waals surface area contributed by atoms with Crippen LogP contribution in [0.4, 0.5) is 4.79 Å². The average Bonchev–Trinajstić information content (AvgIpc) is 2.88. The average molecular weight is 280 g/mol. The van der Waals surface area contributed by atoms with Crippen molar-refractivity contribution in [3.63, 3.8) is 0 Å². The Morgan fingerprint density at radius 3 is 2.90 bits per heavy atom. The molecule has 1 aromatic rings. The second-order valence-corrected chi connectivity index (χ2v) is 6.11. The first kappa shape index (κ1) is 14.8. The Morgan fingerprint density at radius 2 is 2.25 bits per heavy atom. The van der Waals surface area contributed by atoms with Gasteiger partial charge in [0, 0.05) is 31.4 Å². The summed E-state index contributed by atoms with van der Waals surface area (Å²) in [5.74, 6) is 0. The third kappa shape index (κ3) is 4.23. The summed E-state index contributed by atoms with van der Waals surface area (Å²) < 4.78 is 7.20. The van der Waals surface area contributed by atoms with Crippen LogP contribution in [0, 0.1) is 0 Å². The lowest BCUT2D eigenvalue weighted by Gasteiger charge is -2.19. The number of hydrogen-bond donors (Lipinski definition) is 2. The van der Waals surface area contributed by atoms with Crippen LogP contribution < -0.4 is 10.6 Å². The number of aryl methyl sites for hydroxylation is 1. The van der Waals surface area contributed by atoms with Crippen molar-refractivity contribution in [3.8, 4) is 0 Å². The van der Waals surface area contributed by atoms with E-state index in [9.17, 15) is 4.79 Å². The van der Waals surface area contributed by atoms with Crippen LogP contribution in [0.2, 0.25) is 0 Å². The molecule has 1 aliphatic rings. The van der Waals surface area contributed by atoms with Crippen molar-refractivity contribution in [2.45, 2.75) is 64.9 Å². The molecule has 0 aliphatic heterocycles. The monoisotopic (exact) mass is 280 g/mol. The highest BCUT2D eigenvalue weighted by molar-refractivity contribution is 5.68. The molecule has 112 valence electrons. The molecule has 0 radical (unpaired) electrons. The standard InChI is InChI=1S/C14H24N4O2/c1-5-18-10(6-7-16-18)9-15-11-8-12(11)17-13(19)20-14(2,3)4/h6-7,11-12,15H,5,8-9H2,1-4H3,(H,17,19). The van der Waals surface area contributed by atoms with Gasteiger partial charge in [0.05, 0.1) is 5.69 Å². The fraction of sp³-hybridized carbons (Fsp3) is 0.714. The van der Waals surface area contributed by atoms with Crippen molar-refractivity contribution in [1.82, 2.24) is 20.4 Å². The van der Waals surface area contributed by atoms with Gasteiger partial charge in [-0.3, -0.25) is 4.68 Å². The number of rotatable bonds is 5. The molecule has 1 aromatic heterocycles. The number of ether oxygens (including phenoxy) is 1. The summed E-state index contributed by atoms with van der Waals surface area (Å²) in [7, 11) is 0. The van der Waals surface area contributed by atoms with Gasteiger partial charge in [-0.2, -0.15) is 5.10 Å². The van der Waals surface area contributed by atoms with Crippen molar-refractivity contribution < 1.29 is 9.53 Å². The number of alkyl carbamates (subject to hydrolysis) is 1. The fourth-order valence-electron chi connectivity index (χ4n) is 2.07. The maximum Gasteiger partial charge on any atom is 0.407 e. The maximum atomic E-state index is 11.6. The lowest BCUT2D eigenvalue weighted by Crippen LogP contribution is -2.36. The topological polar surface area (TPSA) is 68.2 Å². The van der Waals surface area contributed by atoms with E-state index in [2.05, 4.69) is 22.7 Å². The minimum atomic E-state index is -0.449. The Balaban J connectivity index is 1.69. The third-order valence-electron chi connectivity index (χ3n) is 3.14. The quantitative estimate of drug-likeness (QED) is 0.860. The van der Waals surface area contributed by atoms with Gasteiger partial charge in [-0.05, 0) is 40.2 Å². The molecule has 0 bridgehead atoms. The summed E-state index contributed by atoms with van der Waals surface area (Å²) in [6.45, 7) is 9.29. The number of aromatic nitrogens is 2. The zero-order valence-corrected chi connectivity index (χ0v) is 12.6. The number of nitrogens with zero attached hydrogens (tertiary/aromatic N) is 2. The molecule has 0 spiro atoms. The van der Waals surface area contributed by atoms with Crippen molar-refractivity contribution >= 4 is 6.09 Å². The molecule has 20 heavy (non-hydrogen) atoms. The molecule has 2 N–H and O–H groups in total. The van der Waals surface area contributed by atoms with Crippen LogP contribution in [0.5, 0.6) is 0 Å². The maximum absolute atomic E-state index is 11.6. The van der Waals surface area contributed by atoms with E-state index < -0.39 is 5.60 Å². The van der Waals surface area contributed by atoms with Gasteiger partial charge in [0.1, 0.15) is 5.60 Å². The lowest BCUT2D eigenvalue weighted by atomic mass is 10.2. The normalized spacial score (nSPS) is 21.6. The number of carbonyl (C=O) groups is 1. The predicted octanol–water partition coefficient (Wildman–Crippen LogP) is 1.66. The highest BCUT2D eigenvalue weighted by Gasteiger charge is 2.38. The molecule has 2 atom stereocenters. The first-order valence-electron chi connectivity index (χ1n) is 7.12. The summed E-state index contributed by atoms with van der Waals surface area (Å²) in [6.07, 6.45) is 2.41. The Labute approximate surface area is 119 Å². The van der Waals surface area contributed by atoms with E-state index in [1.165, 1.54) is 0 Å². The Morgan fingerprint density at radius 1 is 1.50 bits per heavy atom. The fourth-order valence-corrected chi connectivity index (χ4v) is 2.07. The van der Waals surface area contributed by atoms with Crippen molar-refractivity contribution in [2.75, 3.05) is 0 Å². The highest BCUT2D eigenvalue weighted by Crippen LogP contribution is 2.22. The van der Waals surface area contributed by atoms with Crippen LogP contribution in [0.1, 0.15) is 39.8 Å². The van der Waals surface area contributed by atoms with Crippen LogP contribution in [-0.2, 0) is 17.8 Å². The first-order valence-corrected chi connectivity index (χ1v) is 7.12. The number of amides is 1. The van der Waals surface area contributed by atoms with E-state index in [-0.39, 0.29) is 12.1 Å². The molecule has 1 fully saturated rings. The van der Waals surface area contributed by atoms with E-state index in [1.54, 1.807) is 0 Å². The first-order chi connectivity index (χ1) is 9.39. The second kappa shape index (κ2) is 5.83. The molecule has 6 heteroatoms. The molecule has 0 aromatic carbocycles. The third-order valence-corrected chi connectivity index (χ3v) is 3.14. The van der Waals surface area contributed by atoms with Crippen LogP contribution in [0.15, 0.2) is 12.3 Å². The van der Waals surface area contributed by atoms with Crippen molar-refractivity contribution in [2.24, 2.45) is 0 Å². The molecular weight excluding hydrogens is 256 g/mol. The predicted molar refractivity (Wildman–Crippen MR) is 76.3 cm³/mol. The second-order valence-electron chi connectivity index (χ2n) is 6.11. The number of hydrogen-bond acceptors (Lipinski definition) is 4. The molecule has 6 nitrogen and oxygen atoms in total. The molecule has 1 saturated carbocycles. The summed E-state index contributed by atoms with van der Waals surface area (Å²) >= 11 is 0. The van der Waals surface area contributed by atoms with Gasteiger partial charge in [0.15, 0.2) is 0 Å². The van der Waals surface area contributed by atoms with E-state index in [0.29, 0.717) is 6.04 Å². The van der Waals surface area contributed by atoms with E-state index in [4.69, 9.17) is 4.74 Å². The van der Waals surface area contributed by atoms with Crippen LogP contribution >= 0.6 is 0 Å². The van der Waals surface area contributed by atoms with Crippen LogP contribution in [-0.4, -0.2) is 33.6 Å². The minimum absolute atomic E-state index is 0.169. The number of carbonyl (C=O) groups excluding carboxylic acids is 1. The van der Waals surface area contributed by atoms with Crippen LogP contribution in [0.3, 0.4) is 0 Å². The van der Waals surface area contributed by atoms with Gasteiger partial charge < -0.3 is 15.4 Å². The molecule has 2 rings (SSSR count). The van der Waals surface area contributed by atoms with Gasteiger partial charge in [-0.1, -0.05) is 0 Å². The van der Waals surface area contributed by atoms with E-state index in [1.807, 2.05) is 37.7 Å². The molecular formula is C14H24N4O2. The minimum Gasteiger partial charge on any atom is -0.444 e. The molecule has 2 unspecified atom stereocenters. The highest BCUT2D eigenvalue weighted by atomic mass is 16.6. The van der Waals surface area contributed by atoms with Gasteiger partial charge >= 0.3 is 6.09 Å². The van der Waals surface area contributed by atoms with Gasteiger partial charge in [0.2, 0.25) is 0 Å². The summed E-state index contributed by atoms with van der Waals surface area (Å²) in [5, 5.41) is 10.5. The SMILES string of the molecule is CCn1nccc1CNC1CC1NC(=O)OC(C)(C)C. The smallest absolute Gasteiger partial charge is 0.407 e. The van der Waals surface area contributed by atoms with Gasteiger partial charge in [0.25, 0.3) is 0 Å². The van der Waals surface area contributed by atoms with Gasteiger partial charge in [-0.15, -0.1) is 0 Å². The zero-order chi connectivity index (χ0) is 14.8. The largest absolute Gasteiger partial charge is 0.444 e. The van der Waals surface area contributed by atoms with Crippen LogP contribution in [0.25, 0.3) is 0 Å². The molecule has 1 aliphatic carbocycles. The zero-order valence-electron chi connectivity index (χ0n) is 12.6. The van der Waals surface area contributed by atoms with Crippen molar-refractivity contribution in [1.29, 1.82) is 0 Å². The summed E-state index contributed by atoms with van der Waals surface area (Å²) in [5.41, 5.74) is 0.714. The van der Waals surface area contributed by atoms with Crippen molar-refractivity contribution in [3.05, 3.63) is 18.0 Å². The summed E-state index contributed by atoms with van der Waals surface area (Å²) in [4.78, 5) is 11.6. The summed E-state index contributed by atoms with van der Waals surface area (Å²) in [6, 6.07) is 2.50. The Kier molecular flexibility index (Phi) is 4.32. The molecule has 0 saturated heterocycles. The van der Waals surface area contributed by atoms with Gasteiger partial charge in [-0.25, -0.2) is 4.79 Å². The molecule has 1 heterocycles. The Hall–Kier alpha value is -1.56. The lowest BCUT2D eigenvalue weighted by molar-refractivity contribution is 0.0522. The Bertz CT molecular complexity index is 464. The number of nitrogens with one attached hydrogen (secondary N) is 2. The molecule has 1 amide bonds. The van der Waals surface area contributed by atoms with E-state index in [0.717, 1.165) is 25.2 Å².